The Kier molecular flexibility index (Phi) is 1.96. The molecule has 0 aromatic heterocycles. The Labute approximate surface area is 72.4 Å². The number of aliphatic hydroxyl groups excluding tert-OH is 1. The molecule has 0 heterocycles. The zero-order chi connectivity index (χ0) is 8.39. The van der Waals surface area contributed by atoms with Gasteiger partial charge in [0.05, 0.1) is 6.61 Å². The third-order valence-electron chi connectivity index (χ3n) is 2.32. The summed E-state index contributed by atoms with van der Waals surface area (Å²) in [5, 5.41) is 9.07. The number of hydrogen-bond donors (Lipinski definition) is 1. The minimum Gasteiger partial charge on any atom is -0.392 e. The second kappa shape index (κ2) is 3.11. The van der Waals surface area contributed by atoms with Gasteiger partial charge in [-0.1, -0.05) is 42.5 Å². The van der Waals surface area contributed by atoms with Crippen molar-refractivity contribution in [2.45, 2.75) is 0 Å². The van der Waals surface area contributed by atoms with E-state index in [9.17, 15) is 0 Å². The van der Waals surface area contributed by atoms with Crippen LogP contribution in [-0.4, -0.2) is 11.7 Å². The molecule has 0 fully saturated rings. The first-order valence-corrected chi connectivity index (χ1v) is 4.25. The quantitative estimate of drug-likeness (QED) is 0.580. The summed E-state index contributed by atoms with van der Waals surface area (Å²) in [5.41, 5.74) is 1.11. The molecule has 2 bridgehead atoms. The molecule has 12 heavy (non-hydrogen) atoms. The molecule has 0 aromatic rings. The lowest BCUT2D eigenvalue weighted by atomic mass is 9.87. The van der Waals surface area contributed by atoms with Gasteiger partial charge < -0.3 is 5.11 Å². The lowest BCUT2D eigenvalue weighted by Crippen LogP contribution is -2.10. The smallest absolute Gasteiger partial charge is 0.0650 e. The Bertz CT molecular complexity index is 281. The predicted molar refractivity (Wildman–Crippen MR) is 49.6 cm³/mol. The van der Waals surface area contributed by atoms with Gasteiger partial charge in [-0.05, 0) is 5.57 Å². The Balaban J connectivity index is 2.37. The van der Waals surface area contributed by atoms with Crippen LogP contribution in [0.5, 0.6) is 0 Å². The zero-order valence-electron chi connectivity index (χ0n) is 6.85. The Morgan fingerprint density at radius 3 is 2.75 bits per heavy atom. The molecule has 62 valence electrons. The van der Waals surface area contributed by atoms with Crippen molar-refractivity contribution < 1.29 is 5.11 Å². The van der Waals surface area contributed by atoms with E-state index >= 15 is 0 Å². The van der Waals surface area contributed by atoms with E-state index in [0.29, 0.717) is 11.8 Å². The molecular formula is C11H12O. The van der Waals surface area contributed by atoms with Crippen LogP contribution in [0.3, 0.4) is 0 Å². The summed E-state index contributed by atoms with van der Waals surface area (Å²) in [7, 11) is 0. The minimum absolute atomic E-state index is 0.170. The highest BCUT2D eigenvalue weighted by Crippen LogP contribution is 2.25. The SMILES string of the molecule is OCC1=C[C@@H]2C=C[C@H]1/C=C\C=C/2. The lowest BCUT2D eigenvalue weighted by Gasteiger charge is -2.19. The van der Waals surface area contributed by atoms with Crippen LogP contribution in [0.2, 0.25) is 0 Å². The summed E-state index contributed by atoms with van der Waals surface area (Å²) in [5.74, 6) is 0.699. The van der Waals surface area contributed by atoms with Crippen LogP contribution in [0.25, 0.3) is 0 Å². The molecule has 0 radical (unpaired) electrons. The van der Waals surface area contributed by atoms with Crippen molar-refractivity contribution >= 4 is 0 Å². The fourth-order valence-corrected chi connectivity index (χ4v) is 1.63. The van der Waals surface area contributed by atoms with E-state index in [4.69, 9.17) is 5.11 Å². The molecule has 1 nitrogen and oxygen atoms in total. The summed E-state index contributed by atoms with van der Waals surface area (Å²) < 4.78 is 0. The normalized spacial score (nSPS) is 36.9. The zero-order valence-corrected chi connectivity index (χ0v) is 6.85. The molecule has 0 aromatic carbocycles. The second-order valence-corrected chi connectivity index (χ2v) is 3.16. The van der Waals surface area contributed by atoms with Crippen LogP contribution < -0.4 is 0 Å². The highest BCUT2D eigenvalue weighted by molar-refractivity contribution is 5.33. The van der Waals surface area contributed by atoms with Crippen molar-refractivity contribution in [3.05, 3.63) is 48.1 Å². The van der Waals surface area contributed by atoms with Crippen LogP contribution in [-0.2, 0) is 0 Å². The Hall–Kier alpha value is -1.08. The highest BCUT2D eigenvalue weighted by Gasteiger charge is 2.14. The van der Waals surface area contributed by atoms with Crippen molar-refractivity contribution in [1.29, 1.82) is 0 Å². The van der Waals surface area contributed by atoms with Crippen LogP contribution in [0.4, 0.5) is 0 Å². The van der Waals surface area contributed by atoms with Crippen molar-refractivity contribution in [2.75, 3.05) is 6.61 Å². The lowest BCUT2D eigenvalue weighted by molar-refractivity contribution is 0.322. The fraction of sp³-hybridized carbons (Fsp3) is 0.273. The van der Waals surface area contributed by atoms with Gasteiger partial charge in [0.1, 0.15) is 0 Å². The van der Waals surface area contributed by atoms with Crippen LogP contribution >= 0.6 is 0 Å². The van der Waals surface area contributed by atoms with Gasteiger partial charge in [-0.15, -0.1) is 0 Å². The largest absolute Gasteiger partial charge is 0.392 e. The molecule has 3 aliphatic carbocycles. The molecule has 2 atom stereocenters. The van der Waals surface area contributed by atoms with Gasteiger partial charge >= 0.3 is 0 Å². The van der Waals surface area contributed by atoms with Gasteiger partial charge in [-0.3, -0.25) is 0 Å². The molecule has 0 saturated carbocycles. The van der Waals surface area contributed by atoms with Gasteiger partial charge in [0.15, 0.2) is 0 Å². The Morgan fingerprint density at radius 2 is 1.92 bits per heavy atom. The van der Waals surface area contributed by atoms with E-state index in [-0.39, 0.29) is 6.61 Å². The topological polar surface area (TPSA) is 20.2 Å². The molecule has 0 spiro atoms. The molecule has 3 aliphatic rings. The number of fused-ring (bicyclic) bond motifs is 1. The van der Waals surface area contributed by atoms with Crippen LogP contribution in [0, 0.1) is 11.8 Å². The molecule has 1 N–H and O–H groups in total. The Morgan fingerprint density at radius 1 is 1.08 bits per heavy atom. The van der Waals surface area contributed by atoms with Gasteiger partial charge in [0, 0.05) is 11.8 Å². The van der Waals surface area contributed by atoms with E-state index in [1.165, 1.54) is 0 Å². The van der Waals surface area contributed by atoms with Crippen LogP contribution in [0.1, 0.15) is 0 Å². The van der Waals surface area contributed by atoms with Gasteiger partial charge in [-0.25, -0.2) is 0 Å². The molecule has 0 aliphatic heterocycles. The average Bonchev–Trinajstić information content (AvgIpc) is 2.05. The van der Waals surface area contributed by atoms with Crippen molar-refractivity contribution in [1.82, 2.24) is 0 Å². The van der Waals surface area contributed by atoms with Crippen molar-refractivity contribution in [3.8, 4) is 0 Å². The van der Waals surface area contributed by atoms with Crippen molar-refractivity contribution in [3.63, 3.8) is 0 Å². The van der Waals surface area contributed by atoms with Gasteiger partial charge in [0.25, 0.3) is 0 Å². The predicted octanol–water partition coefficient (Wildman–Crippen LogP) is 1.83. The van der Waals surface area contributed by atoms with Crippen molar-refractivity contribution in [2.24, 2.45) is 11.8 Å². The summed E-state index contributed by atoms with van der Waals surface area (Å²) in [6, 6.07) is 0. The molecular weight excluding hydrogens is 148 g/mol. The number of hydrogen-bond acceptors (Lipinski definition) is 1. The first kappa shape index (κ1) is 7.56. The third kappa shape index (κ3) is 1.28. The molecule has 0 amide bonds. The molecule has 0 unspecified atom stereocenters. The number of rotatable bonds is 1. The molecule has 0 saturated heterocycles. The third-order valence-corrected chi connectivity index (χ3v) is 2.32. The average molecular weight is 160 g/mol. The summed E-state index contributed by atoms with van der Waals surface area (Å²) in [6.07, 6.45) is 14.8. The van der Waals surface area contributed by atoms with E-state index < -0.39 is 0 Å². The van der Waals surface area contributed by atoms with E-state index in [1.807, 2.05) is 6.08 Å². The maximum absolute atomic E-state index is 9.07. The van der Waals surface area contributed by atoms with Gasteiger partial charge in [0.2, 0.25) is 0 Å². The van der Waals surface area contributed by atoms with Gasteiger partial charge in [-0.2, -0.15) is 0 Å². The fourth-order valence-electron chi connectivity index (χ4n) is 1.63. The molecule has 1 heteroatoms. The monoisotopic (exact) mass is 160 g/mol. The first-order chi connectivity index (χ1) is 5.90. The minimum atomic E-state index is 0.170. The van der Waals surface area contributed by atoms with Crippen LogP contribution in [0.15, 0.2) is 48.1 Å². The van der Waals surface area contributed by atoms with E-state index in [1.54, 1.807) is 0 Å². The molecule has 3 rings (SSSR count). The summed E-state index contributed by atoms with van der Waals surface area (Å²) in [6.45, 7) is 0.170. The standard InChI is InChI=1S/C11H12O/c12-8-11-7-9-3-1-2-4-10(11)6-5-9/h1-7,9-10,12H,8H2/b3-1-,4-2-/t9-,10+/m0/s1. The summed E-state index contributed by atoms with van der Waals surface area (Å²) >= 11 is 0. The number of allylic oxidation sites excluding steroid dienone is 7. The van der Waals surface area contributed by atoms with E-state index in [0.717, 1.165) is 5.57 Å². The summed E-state index contributed by atoms with van der Waals surface area (Å²) in [4.78, 5) is 0. The number of aliphatic hydroxyl groups is 1. The first-order valence-electron chi connectivity index (χ1n) is 4.25. The highest BCUT2D eigenvalue weighted by atomic mass is 16.3. The maximum atomic E-state index is 9.07. The second-order valence-electron chi connectivity index (χ2n) is 3.16. The maximum Gasteiger partial charge on any atom is 0.0650 e. The van der Waals surface area contributed by atoms with E-state index in [2.05, 4.69) is 36.5 Å².